The lowest BCUT2D eigenvalue weighted by atomic mass is 10.2. The Hall–Kier alpha value is -0.190. The van der Waals surface area contributed by atoms with E-state index in [-0.39, 0.29) is 0 Å². The zero-order chi connectivity index (χ0) is 7.56. The van der Waals surface area contributed by atoms with Crippen molar-refractivity contribution in [1.29, 1.82) is 0 Å². The van der Waals surface area contributed by atoms with E-state index in [2.05, 4.69) is 27.6 Å². The summed E-state index contributed by atoms with van der Waals surface area (Å²) in [6.45, 7) is 1.90. The summed E-state index contributed by atoms with van der Waals surface area (Å²) >= 11 is 2.07. The topological polar surface area (TPSA) is 12.9 Å². The lowest BCUT2D eigenvalue weighted by Crippen LogP contribution is -1.89. The van der Waals surface area contributed by atoms with Crippen LogP contribution in [-0.4, -0.2) is 4.98 Å². The molecule has 1 aromatic heterocycles. The number of pyridine rings is 1. The van der Waals surface area contributed by atoms with Crippen LogP contribution in [0.3, 0.4) is 0 Å². The van der Waals surface area contributed by atoms with Crippen molar-refractivity contribution in [3.63, 3.8) is 0 Å². The Morgan fingerprint density at radius 2 is 2.40 bits per heavy atom. The van der Waals surface area contributed by atoms with E-state index < -0.39 is 5.95 Å². The molecule has 0 unspecified atom stereocenters. The Labute approximate surface area is 72.8 Å². The van der Waals surface area contributed by atoms with E-state index in [4.69, 9.17) is 0 Å². The molecule has 0 bridgehead atoms. The molecule has 0 amide bonds. The maximum absolute atomic E-state index is 12.4. The average Bonchev–Trinajstić information content (AvgIpc) is 1.88. The lowest BCUT2D eigenvalue weighted by molar-refractivity contribution is 0.582. The van der Waals surface area contributed by atoms with Gasteiger partial charge in [0.1, 0.15) is 0 Å². The normalized spacial score (nSPS) is 9.90. The number of nitrogens with zero attached hydrogens (tertiary/aromatic N) is 1. The van der Waals surface area contributed by atoms with Crippen molar-refractivity contribution >= 4 is 22.6 Å². The van der Waals surface area contributed by atoms with Crippen LogP contribution in [0.1, 0.15) is 12.5 Å². The highest BCUT2D eigenvalue weighted by molar-refractivity contribution is 14.1. The third-order valence-electron chi connectivity index (χ3n) is 1.16. The molecule has 1 radical (unpaired) electrons. The maximum atomic E-state index is 12.4. The summed E-state index contributed by atoms with van der Waals surface area (Å²) in [6.07, 6.45) is 3.42. The summed E-state index contributed by atoms with van der Waals surface area (Å²) in [7, 11) is 0. The maximum Gasteiger partial charge on any atom is 0.213 e. The van der Waals surface area contributed by atoms with Gasteiger partial charge in [0.05, 0.1) is 0 Å². The fourth-order valence-electron chi connectivity index (χ4n) is 0.630. The highest BCUT2D eigenvalue weighted by Gasteiger charge is 1.98. The first-order chi connectivity index (χ1) is 4.74. The molecule has 1 heterocycles. The van der Waals surface area contributed by atoms with Gasteiger partial charge in [-0.05, 0) is 34.6 Å². The van der Waals surface area contributed by atoms with E-state index in [0.717, 1.165) is 9.13 Å². The van der Waals surface area contributed by atoms with Crippen LogP contribution < -0.4 is 0 Å². The van der Waals surface area contributed by atoms with E-state index in [1.54, 1.807) is 0 Å². The minimum atomic E-state index is -0.421. The van der Waals surface area contributed by atoms with Crippen molar-refractivity contribution in [1.82, 2.24) is 4.98 Å². The van der Waals surface area contributed by atoms with Gasteiger partial charge in [-0.2, -0.15) is 4.39 Å². The van der Waals surface area contributed by atoms with Crippen LogP contribution in [0.4, 0.5) is 4.39 Å². The van der Waals surface area contributed by atoms with Gasteiger partial charge < -0.3 is 0 Å². The van der Waals surface area contributed by atoms with Crippen LogP contribution in [0.5, 0.6) is 0 Å². The van der Waals surface area contributed by atoms with Crippen LogP contribution in [0.2, 0.25) is 0 Å². The van der Waals surface area contributed by atoms with Crippen LogP contribution in [0, 0.1) is 15.9 Å². The minimum Gasteiger partial charge on any atom is -0.228 e. The number of halogens is 2. The second kappa shape index (κ2) is 3.27. The Morgan fingerprint density at radius 3 is 2.90 bits per heavy atom. The van der Waals surface area contributed by atoms with Crippen molar-refractivity contribution < 1.29 is 4.39 Å². The molecule has 53 valence electrons. The lowest BCUT2D eigenvalue weighted by Gasteiger charge is -1.97. The predicted octanol–water partition coefficient (Wildman–Crippen LogP) is 2.40. The van der Waals surface area contributed by atoms with E-state index >= 15 is 0 Å². The molecule has 0 saturated carbocycles. The third kappa shape index (κ3) is 1.65. The highest BCUT2D eigenvalue weighted by Crippen LogP contribution is 2.12. The van der Waals surface area contributed by atoms with Gasteiger partial charge in [-0.1, -0.05) is 6.92 Å². The van der Waals surface area contributed by atoms with E-state index in [9.17, 15) is 4.39 Å². The molecule has 0 spiro atoms. The van der Waals surface area contributed by atoms with Gasteiger partial charge in [0, 0.05) is 15.8 Å². The number of hydrogen-bond acceptors (Lipinski definition) is 1. The first-order valence-corrected chi connectivity index (χ1v) is 3.92. The average molecular weight is 250 g/mol. The predicted molar refractivity (Wildman–Crippen MR) is 46.0 cm³/mol. The van der Waals surface area contributed by atoms with Crippen molar-refractivity contribution in [2.45, 2.75) is 6.92 Å². The molecule has 0 aliphatic carbocycles. The first-order valence-electron chi connectivity index (χ1n) is 2.84. The van der Waals surface area contributed by atoms with Gasteiger partial charge in [-0.15, -0.1) is 0 Å². The highest BCUT2D eigenvalue weighted by atomic mass is 127. The summed E-state index contributed by atoms with van der Waals surface area (Å²) in [5.74, 6) is -0.421. The SMILES string of the molecule is C[CH]c1cnc(F)cc1I. The molecule has 0 saturated heterocycles. The van der Waals surface area contributed by atoms with Gasteiger partial charge in [0.2, 0.25) is 5.95 Å². The molecule has 1 rings (SSSR count). The standard InChI is InChI=1S/C7H6FIN/c1-2-5-4-10-7(8)3-6(5)9/h2-4H,1H3. The number of aromatic nitrogens is 1. The minimum absolute atomic E-state index is 0.421. The van der Waals surface area contributed by atoms with Gasteiger partial charge in [-0.25, -0.2) is 4.98 Å². The largest absolute Gasteiger partial charge is 0.228 e. The third-order valence-corrected chi connectivity index (χ3v) is 2.09. The van der Waals surface area contributed by atoms with Crippen molar-refractivity contribution in [3.8, 4) is 0 Å². The van der Waals surface area contributed by atoms with E-state index in [1.165, 1.54) is 12.3 Å². The van der Waals surface area contributed by atoms with E-state index in [0.29, 0.717) is 0 Å². The van der Waals surface area contributed by atoms with Crippen LogP contribution in [0.15, 0.2) is 12.3 Å². The van der Waals surface area contributed by atoms with Gasteiger partial charge in [0.25, 0.3) is 0 Å². The Bertz CT molecular complexity index is 237. The second-order valence-electron chi connectivity index (χ2n) is 1.82. The summed E-state index contributed by atoms with van der Waals surface area (Å²) in [4.78, 5) is 3.51. The van der Waals surface area contributed by atoms with Crippen molar-refractivity contribution in [2.75, 3.05) is 0 Å². The van der Waals surface area contributed by atoms with Gasteiger partial charge in [-0.3, -0.25) is 0 Å². The summed E-state index contributed by atoms with van der Waals surface area (Å²) in [5.41, 5.74) is 0.974. The Kier molecular flexibility index (Phi) is 2.59. The fraction of sp³-hybridized carbons (Fsp3) is 0.143. The van der Waals surface area contributed by atoms with Crippen LogP contribution in [-0.2, 0) is 0 Å². The number of hydrogen-bond donors (Lipinski definition) is 0. The molecule has 3 heteroatoms. The Balaban J connectivity index is 3.07. The Morgan fingerprint density at radius 1 is 1.70 bits per heavy atom. The first kappa shape index (κ1) is 7.91. The van der Waals surface area contributed by atoms with E-state index in [1.807, 2.05) is 13.3 Å². The molecule has 0 aliphatic rings. The summed E-state index contributed by atoms with van der Waals surface area (Å²) < 4.78 is 13.2. The monoisotopic (exact) mass is 250 g/mol. The van der Waals surface area contributed by atoms with Gasteiger partial charge in [0.15, 0.2) is 0 Å². The smallest absolute Gasteiger partial charge is 0.213 e. The molecular weight excluding hydrogens is 244 g/mol. The second-order valence-corrected chi connectivity index (χ2v) is 2.98. The summed E-state index contributed by atoms with van der Waals surface area (Å²) in [5, 5.41) is 0. The zero-order valence-electron chi connectivity index (χ0n) is 5.44. The fourth-order valence-corrected chi connectivity index (χ4v) is 1.34. The zero-order valence-corrected chi connectivity index (χ0v) is 7.59. The molecule has 1 aromatic rings. The van der Waals surface area contributed by atoms with Crippen LogP contribution in [0.25, 0.3) is 0 Å². The van der Waals surface area contributed by atoms with Crippen molar-refractivity contribution in [2.24, 2.45) is 0 Å². The van der Waals surface area contributed by atoms with Crippen LogP contribution >= 0.6 is 22.6 Å². The molecule has 0 fully saturated rings. The number of rotatable bonds is 1. The molecule has 1 nitrogen and oxygen atoms in total. The molecular formula is C7H6FIN. The quantitative estimate of drug-likeness (QED) is 0.550. The molecule has 0 atom stereocenters. The molecule has 0 N–H and O–H groups in total. The van der Waals surface area contributed by atoms with Crippen molar-refractivity contribution in [3.05, 3.63) is 33.8 Å². The molecule has 0 aromatic carbocycles. The molecule has 10 heavy (non-hydrogen) atoms. The summed E-state index contributed by atoms with van der Waals surface area (Å²) in [6, 6.07) is 1.41. The molecule has 0 aliphatic heterocycles. The van der Waals surface area contributed by atoms with Gasteiger partial charge >= 0.3 is 0 Å².